The van der Waals surface area contributed by atoms with Crippen molar-refractivity contribution in [2.24, 2.45) is 5.92 Å². The molecule has 3 nitrogen and oxygen atoms in total. The number of halogens is 4. The average Bonchev–Trinajstić information content (AvgIpc) is 2.59. The summed E-state index contributed by atoms with van der Waals surface area (Å²) in [5.41, 5.74) is -1.89. The number of piperidine rings is 1. The highest BCUT2D eigenvalue weighted by Crippen LogP contribution is 2.33. The Morgan fingerprint density at radius 1 is 1.19 bits per heavy atom. The van der Waals surface area contributed by atoms with Crippen LogP contribution < -0.4 is 0 Å². The minimum atomic E-state index is -4.66. The predicted octanol–water partition coefficient (Wildman–Crippen LogP) is 4.57. The van der Waals surface area contributed by atoms with Crippen molar-refractivity contribution in [2.45, 2.75) is 64.1 Å². The average molecular weight is 389 g/mol. The number of likely N-dealkylation sites (tertiary alicyclic amines) is 1. The Kier molecular flexibility index (Phi) is 6.89. The lowest BCUT2D eigenvalue weighted by atomic mass is 9.81. The zero-order chi connectivity index (χ0) is 20.2. The molecule has 1 aliphatic heterocycles. The number of nitrogens with zero attached hydrogens (tertiary/aromatic N) is 1. The molecule has 152 valence electrons. The fraction of sp³-hybridized carbons (Fsp3) is 0.650. The highest BCUT2D eigenvalue weighted by molar-refractivity contribution is 5.79. The third kappa shape index (κ3) is 5.92. The molecule has 0 atom stereocenters. The number of carbonyl (C=O) groups is 1. The van der Waals surface area contributed by atoms with E-state index in [0.717, 1.165) is 25.0 Å². The number of aliphatic hydroxyl groups is 1. The van der Waals surface area contributed by atoms with E-state index in [1.54, 1.807) is 4.90 Å². The largest absolute Gasteiger partial charge is 0.416 e. The van der Waals surface area contributed by atoms with Crippen molar-refractivity contribution in [3.63, 3.8) is 0 Å². The van der Waals surface area contributed by atoms with Crippen LogP contribution in [0, 0.1) is 11.7 Å². The fourth-order valence-corrected chi connectivity index (χ4v) is 3.69. The van der Waals surface area contributed by atoms with Gasteiger partial charge in [0.25, 0.3) is 0 Å². The SMILES string of the molecule is CCC(CC)CC1(O)CCN(C(=O)Cc2cc(F)cc(C(F)(F)F)c2)CC1. The Bertz CT molecular complexity index is 648. The van der Waals surface area contributed by atoms with Gasteiger partial charge in [0, 0.05) is 13.1 Å². The van der Waals surface area contributed by atoms with Gasteiger partial charge >= 0.3 is 6.18 Å². The standard InChI is InChI=1S/C20H27F4NO2/c1-3-14(4-2)13-19(27)5-7-25(8-6-19)18(26)11-15-9-16(20(22,23)24)12-17(21)10-15/h9-10,12,14,27H,3-8,11,13H2,1-2H3. The second-order valence-electron chi connectivity index (χ2n) is 7.51. The highest BCUT2D eigenvalue weighted by atomic mass is 19.4. The van der Waals surface area contributed by atoms with E-state index in [0.29, 0.717) is 44.3 Å². The molecule has 1 aromatic carbocycles. The number of hydrogen-bond acceptors (Lipinski definition) is 2. The Morgan fingerprint density at radius 2 is 1.78 bits per heavy atom. The first-order valence-corrected chi connectivity index (χ1v) is 9.43. The second kappa shape index (κ2) is 8.59. The third-order valence-electron chi connectivity index (χ3n) is 5.51. The summed E-state index contributed by atoms with van der Waals surface area (Å²) >= 11 is 0. The minimum absolute atomic E-state index is 0.00481. The van der Waals surface area contributed by atoms with Gasteiger partial charge in [-0.15, -0.1) is 0 Å². The number of benzene rings is 1. The summed E-state index contributed by atoms with van der Waals surface area (Å²) in [5.74, 6) is -0.922. The molecule has 0 unspecified atom stereocenters. The summed E-state index contributed by atoms with van der Waals surface area (Å²) in [7, 11) is 0. The zero-order valence-corrected chi connectivity index (χ0v) is 15.8. The molecule has 1 N–H and O–H groups in total. The molecular weight excluding hydrogens is 362 g/mol. The third-order valence-corrected chi connectivity index (χ3v) is 5.51. The van der Waals surface area contributed by atoms with Crippen LogP contribution in [-0.2, 0) is 17.4 Å². The Hall–Kier alpha value is -1.63. The Morgan fingerprint density at radius 3 is 2.30 bits per heavy atom. The Balaban J connectivity index is 1.98. The lowest BCUT2D eigenvalue weighted by Crippen LogP contribution is -2.47. The van der Waals surface area contributed by atoms with Crippen LogP contribution in [0.1, 0.15) is 57.1 Å². The van der Waals surface area contributed by atoms with E-state index in [-0.39, 0.29) is 17.9 Å². The number of carbonyl (C=O) groups excluding carboxylic acids is 1. The second-order valence-corrected chi connectivity index (χ2v) is 7.51. The van der Waals surface area contributed by atoms with Gasteiger partial charge in [-0.25, -0.2) is 4.39 Å². The summed E-state index contributed by atoms with van der Waals surface area (Å²) in [5, 5.41) is 10.7. The maximum absolute atomic E-state index is 13.5. The van der Waals surface area contributed by atoms with Crippen LogP contribution in [0.3, 0.4) is 0 Å². The van der Waals surface area contributed by atoms with Gasteiger partial charge in [-0.1, -0.05) is 26.7 Å². The first-order chi connectivity index (χ1) is 12.6. The lowest BCUT2D eigenvalue weighted by molar-refractivity contribution is -0.138. The van der Waals surface area contributed by atoms with Crippen molar-refractivity contribution < 1.29 is 27.5 Å². The first kappa shape index (κ1) is 21.7. The van der Waals surface area contributed by atoms with Crippen molar-refractivity contribution in [2.75, 3.05) is 13.1 Å². The number of alkyl halides is 3. The molecule has 1 fully saturated rings. The fourth-order valence-electron chi connectivity index (χ4n) is 3.69. The van der Waals surface area contributed by atoms with Crippen LogP contribution in [-0.4, -0.2) is 34.6 Å². The van der Waals surface area contributed by atoms with Gasteiger partial charge < -0.3 is 10.0 Å². The smallest absolute Gasteiger partial charge is 0.390 e. The first-order valence-electron chi connectivity index (χ1n) is 9.43. The van der Waals surface area contributed by atoms with Gasteiger partial charge in [0.15, 0.2) is 0 Å². The summed E-state index contributed by atoms with van der Waals surface area (Å²) in [4.78, 5) is 14.0. The maximum atomic E-state index is 13.5. The summed E-state index contributed by atoms with van der Waals surface area (Å²) in [6.07, 6.45) is -1.37. The highest BCUT2D eigenvalue weighted by Gasteiger charge is 2.35. The zero-order valence-electron chi connectivity index (χ0n) is 15.8. The molecule has 0 bridgehead atoms. The van der Waals surface area contributed by atoms with Crippen LogP contribution in [0.15, 0.2) is 18.2 Å². The van der Waals surface area contributed by atoms with E-state index >= 15 is 0 Å². The molecule has 1 saturated heterocycles. The van der Waals surface area contributed by atoms with Crippen molar-refractivity contribution in [3.05, 3.63) is 35.1 Å². The predicted molar refractivity (Wildman–Crippen MR) is 94.6 cm³/mol. The van der Waals surface area contributed by atoms with E-state index < -0.39 is 23.2 Å². The van der Waals surface area contributed by atoms with E-state index in [9.17, 15) is 27.5 Å². The van der Waals surface area contributed by atoms with E-state index in [2.05, 4.69) is 13.8 Å². The summed E-state index contributed by atoms with van der Waals surface area (Å²) in [6, 6.07) is 2.20. The monoisotopic (exact) mass is 389 g/mol. The van der Waals surface area contributed by atoms with Crippen LogP contribution >= 0.6 is 0 Å². The van der Waals surface area contributed by atoms with E-state index in [4.69, 9.17) is 0 Å². The molecule has 2 rings (SSSR count). The normalized spacial score (nSPS) is 17.4. The van der Waals surface area contributed by atoms with Crippen LogP contribution in [0.2, 0.25) is 0 Å². The summed E-state index contributed by atoms with van der Waals surface area (Å²) in [6.45, 7) is 4.89. The molecule has 0 aromatic heterocycles. The van der Waals surface area contributed by atoms with E-state index in [1.807, 2.05) is 0 Å². The molecule has 0 radical (unpaired) electrons. The van der Waals surface area contributed by atoms with Gasteiger partial charge in [-0.05, 0) is 48.9 Å². The molecular formula is C20H27F4NO2. The van der Waals surface area contributed by atoms with Gasteiger partial charge in [0.2, 0.25) is 5.91 Å². The van der Waals surface area contributed by atoms with Crippen molar-refractivity contribution in [3.8, 4) is 0 Å². The van der Waals surface area contributed by atoms with Crippen molar-refractivity contribution in [1.82, 2.24) is 4.90 Å². The van der Waals surface area contributed by atoms with E-state index in [1.165, 1.54) is 0 Å². The van der Waals surface area contributed by atoms with Crippen LogP contribution in [0.5, 0.6) is 0 Å². The van der Waals surface area contributed by atoms with Crippen LogP contribution in [0.4, 0.5) is 17.6 Å². The molecule has 7 heteroatoms. The van der Waals surface area contributed by atoms with Crippen molar-refractivity contribution >= 4 is 5.91 Å². The molecule has 0 aliphatic carbocycles. The topological polar surface area (TPSA) is 40.5 Å². The molecule has 1 amide bonds. The molecule has 1 heterocycles. The Labute approximate surface area is 157 Å². The molecule has 0 spiro atoms. The number of rotatable bonds is 6. The van der Waals surface area contributed by atoms with Gasteiger partial charge in [0.1, 0.15) is 5.82 Å². The quantitative estimate of drug-likeness (QED) is 0.725. The van der Waals surface area contributed by atoms with Gasteiger partial charge in [0.05, 0.1) is 17.6 Å². The molecule has 1 aliphatic rings. The summed E-state index contributed by atoms with van der Waals surface area (Å²) < 4.78 is 51.9. The maximum Gasteiger partial charge on any atom is 0.416 e. The lowest BCUT2D eigenvalue weighted by Gasteiger charge is -2.40. The number of amides is 1. The number of hydrogen-bond donors (Lipinski definition) is 1. The van der Waals surface area contributed by atoms with Crippen LogP contribution in [0.25, 0.3) is 0 Å². The molecule has 27 heavy (non-hydrogen) atoms. The van der Waals surface area contributed by atoms with Gasteiger partial charge in [-0.3, -0.25) is 4.79 Å². The van der Waals surface area contributed by atoms with Crippen molar-refractivity contribution in [1.29, 1.82) is 0 Å². The minimum Gasteiger partial charge on any atom is -0.390 e. The van der Waals surface area contributed by atoms with Gasteiger partial charge in [-0.2, -0.15) is 13.2 Å². The molecule has 1 aromatic rings. The molecule has 0 saturated carbocycles.